The zero-order chi connectivity index (χ0) is 13.7. The highest BCUT2D eigenvalue weighted by Gasteiger charge is 2.24. The van der Waals surface area contributed by atoms with E-state index in [1.165, 1.54) is 5.56 Å². The van der Waals surface area contributed by atoms with Crippen LogP contribution in [0.15, 0.2) is 35.1 Å². The van der Waals surface area contributed by atoms with Crippen LogP contribution in [0.4, 0.5) is 11.5 Å². The lowest BCUT2D eigenvalue weighted by atomic mass is 10.0. The van der Waals surface area contributed by atoms with Crippen LogP contribution < -0.4 is 16.7 Å². The molecule has 1 unspecified atom stereocenters. The van der Waals surface area contributed by atoms with E-state index in [0.29, 0.717) is 11.5 Å². The Kier molecular flexibility index (Phi) is 2.14. The van der Waals surface area contributed by atoms with Crippen molar-refractivity contribution in [3.8, 4) is 0 Å². The first-order valence-corrected chi connectivity index (χ1v) is 6.43. The molecule has 0 bridgehead atoms. The van der Waals surface area contributed by atoms with Crippen molar-refractivity contribution in [3.05, 3.63) is 51.9 Å². The number of nitrogens with zero attached hydrogens (tertiary/aromatic N) is 1. The van der Waals surface area contributed by atoms with Gasteiger partial charge in [-0.1, -0.05) is 18.2 Å². The standard InChI is InChI=1S/C14H13N5O/c15-11-6-8(12-13(17-11)19-14(20)18-12)10-5-7-3-1-2-4-9(7)16-10/h1-4,6,10,16H,5H2,(H4,15,17,18,19,20). The van der Waals surface area contributed by atoms with Gasteiger partial charge in [-0.25, -0.2) is 9.78 Å². The summed E-state index contributed by atoms with van der Waals surface area (Å²) < 4.78 is 0. The molecule has 4 rings (SSSR count). The largest absolute Gasteiger partial charge is 0.384 e. The summed E-state index contributed by atoms with van der Waals surface area (Å²) in [5, 5.41) is 3.46. The molecular weight excluding hydrogens is 254 g/mol. The van der Waals surface area contributed by atoms with E-state index in [4.69, 9.17) is 5.73 Å². The normalized spacial score (nSPS) is 17.1. The molecule has 0 fully saturated rings. The number of pyridine rings is 1. The third kappa shape index (κ3) is 1.58. The van der Waals surface area contributed by atoms with Crippen molar-refractivity contribution in [2.24, 2.45) is 0 Å². The van der Waals surface area contributed by atoms with Gasteiger partial charge in [0.2, 0.25) is 0 Å². The number of fused-ring (bicyclic) bond motifs is 2. The Labute approximate surface area is 114 Å². The molecule has 1 aliphatic heterocycles. The number of H-pyrrole nitrogens is 2. The van der Waals surface area contributed by atoms with Crippen LogP contribution in [0.1, 0.15) is 17.2 Å². The van der Waals surface area contributed by atoms with Gasteiger partial charge in [0.25, 0.3) is 0 Å². The number of hydrogen-bond donors (Lipinski definition) is 4. The molecule has 1 atom stereocenters. The average Bonchev–Trinajstić information content (AvgIpc) is 2.99. The minimum Gasteiger partial charge on any atom is -0.384 e. The van der Waals surface area contributed by atoms with Gasteiger partial charge in [-0.15, -0.1) is 0 Å². The fourth-order valence-corrected chi connectivity index (χ4v) is 2.82. The van der Waals surface area contributed by atoms with E-state index in [1.54, 1.807) is 0 Å². The summed E-state index contributed by atoms with van der Waals surface area (Å²) in [7, 11) is 0. The van der Waals surface area contributed by atoms with Crippen LogP contribution in [0.25, 0.3) is 11.2 Å². The monoisotopic (exact) mass is 267 g/mol. The van der Waals surface area contributed by atoms with Gasteiger partial charge in [0.1, 0.15) is 5.82 Å². The zero-order valence-corrected chi connectivity index (χ0v) is 10.6. The summed E-state index contributed by atoms with van der Waals surface area (Å²) in [6.45, 7) is 0. The molecule has 0 spiro atoms. The van der Waals surface area contributed by atoms with Crippen molar-refractivity contribution in [1.29, 1.82) is 0 Å². The van der Waals surface area contributed by atoms with Crippen molar-refractivity contribution in [2.75, 3.05) is 11.1 Å². The van der Waals surface area contributed by atoms with Gasteiger partial charge in [0, 0.05) is 11.3 Å². The fourth-order valence-electron chi connectivity index (χ4n) is 2.82. The van der Waals surface area contributed by atoms with Crippen LogP contribution in [0.2, 0.25) is 0 Å². The van der Waals surface area contributed by atoms with Crippen LogP contribution in [-0.2, 0) is 6.42 Å². The van der Waals surface area contributed by atoms with E-state index in [9.17, 15) is 4.79 Å². The molecule has 5 N–H and O–H groups in total. The van der Waals surface area contributed by atoms with Crippen LogP contribution in [-0.4, -0.2) is 15.0 Å². The number of anilines is 2. The van der Waals surface area contributed by atoms with E-state index < -0.39 is 0 Å². The number of hydrogen-bond acceptors (Lipinski definition) is 4. The SMILES string of the molecule is Nc1cc(C2Cc3ccccc3N2)c2[nH]c(=O)[nH]c2n1. The number of rotatable bonds is 1. The lowest BCUT2D eigenvalue weighted by Crippen LogP contribution is -2.08. The number of nitrogens with one attached hydrogen (secondary N) is 3. The van der Waals surface area contributed by atoms with Crippen LogP contribution >= 0.6 is 0 Å². The van der Waals surface area contributed by atoms with Crippen molar-refractivity contribution in [2.45, 2.75) is 12.5 Å². The predicted octanol–water partition coefficient (Wildman–Crippen LogP) is 1.54. The summed E-state index contributed by atoms with van der Waals surface area (Å²) >= 11 is 0. The summed E-state index contributed by atoms with van der Waals surface area (Å²) in [5.41, 5.74) is 10.1. The fraction of sp³-hybridized carbons (Fsp3) is 0.143. The van der Waals surface area contributed by atoms with E-state index in [-0.39, 0.29) is 11.7 Å². The highest BCUT2D eigenvalue weighted by Crippen LogP contribution is 2.36. The maximum atomic E-state index is 11.5. The summed E-state index contributed by atoms with van der Waals surface area (Å²) in [4.78, 5) is 21.1. The first-order chi connectivity index (χ1) is 9.70. The van der Waals surface area contributed by atoms with Crippen molar-refractivity contribution in [3.63, 3.8) is 0 Å². The van der Waals surface area contributed by atoms with Gasteiger partial charge in [-0.05, 0) is 24.1 Å². The van der Waals surface area contributed by atoms with Gasteiger partial charge in [0.05, 0.1) is 11.6 Å². The molecule has 3 heterocycles. The molecule has 1 aliphatic rings. The summed E-state index contributed by atoms with van der Waals surface area (Å²) in [5.74, 6) is 0.403. The molecule has 100 valence electrons. The van der Waals surface area contributed by atoms with Crippen LogP contribution in [0.5, 0.6) is 0 Å². The molecule has 6 nitrogen and oxygen atoms in total. The molecule has 20 heavy (non-hydrogen) atoms. The number of aromatic nitrogens is 3. The van der Waals surface area contributed by atoms with E-state index in [0.717, 1.165) is 23.2 Å². The first kappa shape index (κ1) is 11.1. The summed E-state index contributed by atoms with van der Waals surface area (Å²) in [6, 6.07) is 10.1. The Morgan fingerprint density at radius 2 is 2.10 bits per heavy atom. The molecule has 3 aromatic rings. The number of benzene rings is 1. The van der Waals surface area contributed by atoms with Crippen LogP contribution in [0.3, 0.4) is 0 Å². The van der Waals surface area contributed by atoms with Gasteiger partial charge in [0.15, 0.2) is 5.65 Å². The smallest absolute Gasteiger partial charge is 0.325 e. The Balaban J connectivity index is 1.86. The van der Waals surface area contributed by atoms with Gasteiger partial charge in [-0.2, -0.15) is 0 Å². The van der Waals surface area contributed by atoms with E-state index >= 15 is 0 Å². The maximum Gasteiger partial charge on any atom is 0.325 e. The van der Waals surface area contributed by atoms with Crippen LogP contribution in [0, 0.1) is 0 Å². The third-order valence-corrected chi connectivity index (χ3v) is 3.69. The second-order valence-corrected chi connectivity index (χ2v) is 5.00. The molecule has 0 amide bonds. The summed E-state index contributed by atoms with van der Waals surface area (Å²) in [6.07, 6.45) is 0.863. The Bertz CT molecular complexity index is 838. The Morgan fingerprint density at radius 1 is 1.25 bits per heavy atom. The van der Waals surface area contributed by atoms with E-state index in [2.05, 4.69) is 32.4 Å². The second-order valence-electron chi connectivity index (χ2n) is 5.00. The molecule has 0 radical (unpaired) electrons. The van der Waals surface area contributed by atoms with Crippen molar-refractivity contribution in [1.82, 2.24) is 15.0 Å². The minimum atomic E-state index is -0.269. The van der Waals surface area contributed by atoms with Gasteiger partial charge < -0.3 is 16.0 Å². The lowest BCUT2D eigenvalue weighted by molar-refractivity contribution is 0.829. The number of nitrogens with two attached hydrogens (primary N) is 1. The molecule has 0 saturated heterocycles. The van der Waals surface area contributed by atoms with Crippen molar-refractivity contribution < 1.29 is 0 Å². The second kappa shape index (κ2) is 3.86. The number of aromatic amines is 2. The molecule has 0 aliphatic carbocycles. The average molecular weight is 267 g/mol. The lowest BCUT2D eigenvalue weighted by Gasteiger charge is -2.13. The van der Waals surface area contributed by atoms with Gasteiger partial charge in [-0.3, -0.25) is 4.98 Å². The number of nitrogen functional groups attached to an aromatic ring is 1. The quantitative estimate of drug-likeness (QED) is 0.537. The Morgan fingerprint density at radius 3 is 2.95 bits per heavy atom. The first-order valence-electron chi connectivity index (χ1n) is 6.43. The minimum absolute atomic E-state index is 0.0895. The molecule has 6 heteroatoms. The zero-order valence-electron chi connectivity index (χ0n) is 10.6. The third-order valence-electron chi connectivity index (χ3n) is 3.69. The molecule has 1 aromatic carbocycles. The number of para-hydroxylation sites is 1. The number of imidazole rings is 1. The molecular formula is C14H13N5O. The topological polar surface area (TPSA) is 99.6 Å². The maximum absolute atomic E-state index is 11.5. The van der Waals surface area contributed by atoms with Gasteiger partial charge >= 0.3 is 5.69 Å². The Hall–Kier alpha value is -2.76. The predicted molar refractivity (Wildman–Crippen MR) is 77.6 cm³/mol. The van der Waals surface area contributed by atoms with Crippen molar-refractivity contribution >= 4 is 22.7 Å². The molecule has 0 saturated carbocycles. The van der Waals surface area contributed by atoms with E-state index in [1.807, 2.05) is 18.2 Å². The highest BCUT2D eigenvalue weighted by molar-refractivity contribution is 5.78. The molecule has 2 aromatic heterocycles. The highest BCUT2D eigenvalue weighted by atomic mass is 16.1.